The number of rotatable bonds is 7. The quantitative estimate of drug-likeness (QED) is 0.420. The van der Waals surface area contributed by atoms with Crippen LogP contribution in [0.5, 0.6) is 0 Å². The van der Waals surface area contributed by atoms with E-state index in [9.17, 15) is 17.6 Å². The van der Waals surface area contributed by atoms with Crippen LogP contribution in [0.1, 0.15) is 44.5 Å². The predicted octanol–water partition coefficient (Wildman–Crippen LogP) is 1.87. The Morgan fingerprint density at radius 1 is 1.18 bits per heavy atom. The molecule has 11 nitrogen and oxygen atoms in total. The van der Waals surface area contributed by atoms with Gasteiger partial charge in [0.15, 0.2) is 5.65 Å². The Balaban J connectivity index is 1.35. The summed E-state index contributed by atoms with van der Waals surface area (Å²) >= 11 is 0. The van der Waals surface area contributed by atoms with Crippen LogP contribution in [0.2, 0.25) is 0 Å². The van der Waals surface area contributed by atoms with Crippen molar-refractivity contribution in [2.75, 3.05) is 63.6 Å². The second kappa shape index (κ2) is 11.8. The Morgan fingerprint density at radius 2 is 1.93 bits per heavy atom. The van der Waals surface area contributed by atoms with Gasteiger partial charge in [-0.05, 0) is 37.6 Å². The number of carbonyl (C=O) groups is 1. The van der Waals surface area contributed by atoms with E-state index in [1.165, 1.54) is 12.1 Å². The number of sulfone groups is 1. The summed E-state index contributed by atoms with van der Waals surface area (Å²) in [7, 11) is -3.69. The number of morpholine rings is 1. The molecule has 238 valence electrons. The number of hydrogen-bond donors (Lipinski definition) is 1. The number of hydrogen-bond acceptors (Lipinski definition) is 9. The van der Waals surface area contributed by atoms with Crippen molar-refractivity contribution in [3.63, 3.8) is 0 Å². The van der Waals surface area contributed by atoms with Gasteiger partial charge in [-0.2, -0.15) is 4.98 Å². The number of benzene rings is 1. The number of carbonyl (C=O) groups excluding carboxylic acids is 1. The smallest absolute Gasteiger partial charge is 0.267 e. The maximum Gasteiger partial charge on any atom is 0.267 e. The third kappa shape index (κ3) is 6.12. The Labute approximate surface area is 258 Å². The first-order valence-corrected chi connectivity index (χ1v) is 17.2. The van der Waals surface area contributed by atoms with Gasteiger partial charge in [0.25, 0.3) is 5.16 Å². The Morgan fingerprint density at radius 3 is 2.64 bits per heavy atom. The third-order valence-corrected chi connectivity index (χ3v) is 9.92. The molecule has 2 aromatic heterocycles. The molecule has 0 bridgehead atoms. The van der Waals surface area contributed by atoms with E-state index in [4.69, 9.17) is 4.74 Å². The SMILES string of the molecule is C[C@@H]1CN(CC(=O)N2CC(C)(C)c3c2cc(Cc2ccc(F)cc2)c2nc(S(C)(=O)=O)nn32)[C@@H](CN2CCOC[C@H]2C)CN1. The standard InChI is InChI=1S/C31H42FN7O4S/c1-20-15-37(25(14-33-20)16-36-10-11-43-18-21(36)2)17-27(40)38-19-31(3,4)28-26(38)13-23(12-22-6-8-24(32)9-7-22)29-34-30(35-39(28)29)44(5,41)42/h6-9,13,20-21,25,33H,10-12,14-19H2,1-5H3/t20-,21-,25-/m1/s1. The minimum atomic E-state index is -3.69. The van der Waals surface area contributed by atoms with Gasteiger partial charge in [0.2, 0.25) is 15.7 Å². The average molecular weight is 628 g/mol. The topological polar surface area (TPSA) is 112 Å². The lowest BCUT2D eigenvalue weighted by Crippen LogP contribution is -2.62. The predicted molar refractivity (Wildman–Crippen MR) is 165 cm³/mol. The van der Waals surface area contributed by atoms with Crippen molar-refractivity contribution in [3.8, 4) is 0 Å². The summed E-state index contributed by atoms with van der Waals surface area (Å²) in [6.07, 6.45) is 1.46. The van der Waals surface area contributed by atoms with Gasteiger partial charge in [0.1, 0.15) is 5.82 Å². The number of halogens is 1. The van der Waals surface area contributed by atoms with Crippen molar-refractivity contribution in [1.82, 2.24) is 29.7 Å². The largest absolute Gasteiger partial charge is 0.379 e. The molecule has 1 amide bonds. The van der Waals surface area contributed by atoms with Gasteiger partial charge < -0.3 is 15.0 Å². The molecule has 0 radical (unpaired) electrons. The third-order valence-electron chi connectivity index (χ3n) is 9.08. The normalized spacial score (nSPS) is 24.6. The highest BCUT2D eigenvalue weighted by molar-refractivity contribution is 7.90. The first-order valence-electron chi connectivity index (χ1n) is 15.3. The van der Waals surface area contributed by atoms with Crippen LogP contribution in [0.4, 0.5) is 10.1 Å². The van der Waals surface area contributed by atoms with E-state index in [1.807, 2.05) is 24.8 Å². The minimum Gasteiger partial charge on any atom is -0.379 e. The fourth-order valence-electron chi connectivity index (χ4n) is 6.76. The second-order valence-electron chi connectivity index (χ2n) is 13.3. The van der Waals surface area contributed by atoms with E-state index >= 15 is 0 Å². The van der Waals surface area contributed by atoms with E-state index < -0.39 is 15.3 Å². The van der Waals surface area contributed by atoms with E-state index in [0.29, 0.717) is 42.5 Å². The summed E-state index contributed by atoms with van der Waals surface area (Å²) in [5, 5.41) is 7.79. The number of piperazine rings is 1. The molecule has 44 heavy (non-hydrogen) atoms. The molecule has 1 N–H and O–H groups in total. The first kappa shape index (κ1) is 31.0. The molecule has 2 saturated heterocycles. The van der Waals surface area contributed by atoms with Crippen LogP contribution in [0.3, 0.4) is 0 Å². The lowest BCUT2D eigenvalue weighted by molar-refractivity contribution is -0.121. The van der Waals surface area contributed by atoms with Crippen LogP contribution < -0.4 is 10.2 Å². The van der Waals surface area contributed by atoms with E-state index in [-0.39, 0.29) is 35.5 Å². The Bertz CT molecular complexity index is 1660. The van der Waals surface area contributed by atoms with Crippen LogP contribution in [0.25, 0.3) is 5.65 Å². The average Bonchev–Trinajstić information content (AvgIpc) is 3.52. The molecule has 3 aromatic rings. The van der Waals surface area contributed by atoms with Crippen molar-refractivity contribution < 1.29 is 22.3 Å². The van der Waals surface area contributed by atoms with Crippen LogP contribution >= 0.6 is 0 Å². The maximum absolute atomic E-state index is 14.2. The van der Waals surface area contributed by atoms with Gasteiger partial charge in [-0.1, -0.05) is 26.0 Å². The van der Waals surface area contributed by atoms with Crippen molar-refractivity contribution >= 4 is 27.1 Å². The fourth-order valence-corrected chi connectivity index (χ4v) is 7.24. The molecule has 0 unspecified atom stereocenters. The van der Waals surface area contributed by atoms with Crippen LogP contribution in [0, 0.1) is 5.82 Å². The number of pyridine rings is 1. The summed E-state index contributed by atoms with van der Waals surface area (Å²) in [6, 6.07) is 8.88. The van der Waals surface area contributed by atoms with Crippen molar-refractivity contribution in [2.24, 2.45) is 0 Å². The highest BCUT2D eigenvalue weighted by Gasteiger charge is 2.43. The number of anilines is 1. The highest BCUT2D eigenvalue weighted by atomic mass is 32.2. The lowest BCUT2D eigenvalue weighted by atomic mass is 9.90. The van der Waals surface area contributed by atoms with E-state index in [1.54, 1.807) is 16.6 Å². The monoisotopic (exact) mass is 627 g/mol. The molecular formula is C31H42FN7O4S. The van der Waals surface area contributed by atoms with E-state index in [2.05, 4.69) is 39.0 Å². The molecule has 3 atom stereocenters. The second-order valence-corrected chi connectivity index (χ2v) is 15.2. The molecular weight excluding hydrogens is 585 g/mol. The summed E-state index contributed by atoms with van der Waals surface area (Å²) in [4.78, 5) is 25.2. The van der Waals surface area contributed by atoms with Gasteiger partial charge >= 0.3 is 0 Å². The Hall–Kier alpha value is -2.97. The molecule has 3 aliphatic rings. The summed E-state index contributed by atoms with van der Waals surface area (Å²) in [5.41, 5.74) is 2.91. The highest BCUT2D eigenvalue weighted by Crippen LogP contribution is 2.42. The van der Waals surface area contributed by atoms with Gasteiger partial charge in [-0.3, -0.25) is 14.6 Å². The van der Waals surface area contributed by atoms with Crippen LogP contribution in [0.15, 0.2) is 35.5 Å². The van der Waals surface area contributed by atoms with Gasteiger partial charge in [-0.25, -0.2) is 17.3 Å². The molecule has 0 aliphatic carbocycles. The van der Waals surface area contributed by atoms with Crippen molar-refractivity contribution in [3.05, 3.63) is 53.0 Å². The van der Waals surface area contributed by atoms with Gasteiger partial charge in [0, 0.05) is 74.5 Å². The zero-order valence-corrected chi connectivity index (χ0v) is 26.9. The first-order chi connectivity index (χ1) is 20.8. The van der Waals surface area contributed by atoms with Gasteiger partial charge in [0.05, 0.1) is 31.1 Å². The molecule has 1 aromatic carbocycles. The number of aromatic nitrogens is 3. The minimum absolute atomic E-state index is 0.0125. The lowest BCUT2D eigenvalue weighted by Gasteiger charge is -2.43. The number of amides is 1. The van der Waals surface area contributed by atoms with Crippen LogP contribution in [-0.2, 0) is 31.2 Å². The van der Waals surface area contributed by atoms with E-state index in [0.717, 1.165) is 50.3 Å². The van der Waals surface area contributed by atoms with Gasteiger partial charge in [-0.15, -0.1) is 5.10 Å². The number of ether oxygens (including phenoxy) is 1. The maximum atomic E-state index is 14.2. The molecule has 2 fully saturated rings. The molecule has 0 saturated carbocycles. The molecule has 6 rings (SSSR count). The number of nitrogens with zero attached hydrogens (tertiary/aromatic N) is 6. The molecule has 3 aliphatic heterocycles. The Kier molecular flexibility index (Phi) is 8.29. The summed E-state index contributed by atoms with van der Waals surface area (Å²) in [5.74, 6) is -0.349. The summed E-state index contributed by atoms with van der Waals surface area (Å²) in [6.45, 7) is 13.8. The molecule has 13 heteroatoms. The number of nitrogens with one attached hydrogen (secondary N) is 1. The zero-order chi connectivity index (χ0) is 31.4. The van der Waals surface area contributed by atoms with Crippen molar-refractivity contribution in [2.45, 2.75) is 62.8 Å². The van der Waals surface area contributed by atoms with Crippen LogP contribution in [-0.4, -0.2) is 116 Å². The number of fused-ring (bicyclic) bond motifs is 3. The molecule has 5 heterocycles. The molecule has 0 spiro atoms. The van der Waals surface area contributed by atoms with Crippen molar-refractivity contribution in [1.29, 1.82) is 0 Å². The zero-order valence-electron chi connectivity index (χ0n) is 26.1. The summed E-state index contributed by atoms with van der Waals surface area (Å²) < 4.78 is 45.9. The fraction of sp³-hybridized carbons (Fsp3) is 0.581.